The molecule has 1 aromatic rings. The number of nitro benzene ring substituents is 1. The van der Waals surface area contributed by atoms with E-state index in [-0.39, 0.29) is 17.8 Å². The zero-order chi connectivity index (χ0) is 13.3. The van der Waals surface area contributed by atoms with Crippen molar-refractivity contribution < 1.29 is 13.7 Å². The van der Waals surface area contributed by atoms with E-state index >= 15 is 0 Å². The first kappa shape index (κ1) is 13.2. The van der Waals surface area contributed by atoms with E-state index in [1.54, 1.807) is 6.07 Å². The minimum Gasteiger partial charge on any atom is -0.360 e. The zero-order valence-corrected chi connectivity index (χ0v) is 11.0. The van der Waals surface area contributed by atoms with Crippen molar-refractivity contribution in [1.82, 2.24) is 0 Å². The van der Waals surface area contributed by atoms with Crippen molar-refractivity contribution in [1.29, 1.82) is 0 Å². The number of alkyl halides is 2. The summed E-state index contributed by atoms with van der Waals surface area (Å²) in [6, 6.07) is 4.65. The highest BCUT2D eigenvalue weighted by Gasteiger charge is 2.37. The lowest BCUT2D eigenvalue weighted by Crippen LogP contribution is -2.42. The third-order valence-corrected chi connectivity index (χ3v) is 3.52. The Morgan fingerprint density at radius 1 is 1.44 bits per heavy atom. The Hall–Kier alpha value is -1.24. The lowest BCUT2D eigenvalue weighted by molar-refractivity contribution is -0.385. The van der Waals surface area contributed by atoms with E-state index in [0.29, 0.717) is 17.4 Å². The van der Waals surface area contributed by atoms with Crippen LogP contribution < -0.4 is 4.90 Å². The fourth-order valence-corrected chi connectivity index (χ4v) is 2.61. The molecule has 0 aliphatic carbocycles. The van der Waals surface area contributed by atoms with Gasteiger partial charge in [-0.25, -0.2) is 8.78 Å². The van der Waals surface area contributed by atoms with Gasteiger partial charge in [-0.2, -0.15) is 0 Å². The number of rotatable bonds is 2. The van der Waals surface area contributed by atoms with E-state index in [1.807, 2.05) is 0 Å². The predicted molar refractivity (Wildman–Crippen MR) is 67.2 cm³/mol. The Morgan fingerprint density at radius 2 is 2.17 bits per heavy atom. The summed E-state index contributed by atoms with van der Waals surface area (Å²) in [5.41, 5.74) is 0.0870. The lowest BCUT2D eigenvalue weighted by atomic mass is 10.1. The standard InChI is InChI=1S/C11H11BrF2N2O2/c12-8-3-1-4-9(10(8)16(17)18)15-6-2-5-11(13,14)7-15/h1,3-4H,2,5-7H2. The largest absolute Gasteiger partial charge is 0.360 e. The Bertz CT molecular complexity index is 482. The molecule has 1 fully saturated rings. The molecule has 0 aromatic heterocycles. The van der Waals surface area contributed by atoms with Gasteiger partial charge in [-0.05, 0) is 34.5 Å². The summed E-state index contributed by atoms with van der Waals surface area (Å²) < 4.78 is 27.0. The van der Waals surface area contributed by atoms with Crippen LogP contribution in [0, 0.1) is 10.1 Å². The third-order valence-electron chi connectivity index (χ3n) is 2.88. The van der Waals surface area contributed by atoms with Crippen molar-refractivity contribution in [2.75, 3.05) is 18.0 Å². The number of hydrogen-bond donors (Lipinski definition) is 0. The molecule has 18 heavy (non-hydrogen) atoms. The van der Waals surface area contributed by atoms with Gasteiger partial charge in [-0.15, -0.1) is 0 Å². The van der Waals surface area contributed by atoms with Crippen LogP contribution in [0.3, 0.4) is 0 Å². The maximum Gasteiger partial charge on any atom is 0.306 e. The maximum atomic E-state index is 13.4. The number of halogens is 3. The van der Waals surface area contributed by atoms with Gasteiger partial charge < -0.3 is 4.90 Å². The van der Waals surface area contributed by atoms with Crippen LogP contribution >= 0.6 is 15.9 Å². The Balaban J connectivity index is 2.39. The Labute approximate surface area is 111 Å². The molecule has 0 amide bonds. The van der Waals surface area contributed by atoms with Crippen LogP contribution in [-0.4, -0.2) is 23.9 Å². The Kier molecular flexibility index (Phi) is 3.52. The minimum atomic E-state index is -2.78. The summed E-state index contributed by atoms with van der Waals surface area (Å²) in [5, 5.41) is 11.0. The highest BCUT2D eigenvalue weighted by molar-refractivity contribution is 9.10. The molecular formula is C11H11BrF2N2O2. The molecule has 0 spiro atoms. The SMILES string of the molecule is O=[N+]([O-])c1c(Br)cccc1N1CCCC(F)(F)C1. The number of nitrogens with zero attached hydrogens (tertiary/aromatic N) is 2. The predicted octanol–water partition coefficient (Wildman–Crippen LogP) is 3.59. The second-order valence-electron chi connectivity index (χ2n) is 4.25. The van der Waals surface area contributed by atoms with Gasteiger partial charge in [0.05, 0.1) is 15.9 Å². The molecule has 0 unspecified atom stereocenters. The van der Waals surface area contributed by atoms with Gasteiger partial charge in [0.15, 0.2) is 0 Å². The maximum absolute atomic E-state index is 13.4. The second kappa shape index (κ2) is 4.79. The first-order valence-corrected chi connectivity index (χ1v) is 6.26. The number of para-hydroxylation sites is 1. The summed E-state index contributed by atoms with van der Waals surface area (Å²) in [5.74, 6) is -2.78. The summed E-state index contributed by atoms with van der Waals surface area (Å²) in [6.45, 7) is -0.0584. The second-order valence-corrected chi connectivity index (χ2v) is 5.10. The highest BCUT2D eigenvalue weighted by atomic mass is 79.9. The average Bonchev–Trinajstić information content (AvgIpc) is 2.26. The lowest BCUT2D eigenvalue weighted by Gasteiger charge is -2.33. The van der Waals surface area contributed by atoms with Crippen LogP contribution in [0.5, 0.6) is 0 Å². The highest BCUT2D eigenvalue weighted by Crippen LogP contribution is 2.38. The topological polar surface area (TPSA) is 46.4 Å². The quantitative estimate of drug-likeness (QED) is 0.618. The van der Waals surface area contributed by atoms with Crippen molar-refractivity contribution in [3.8, 4) is 0 Å². The van der Waals surface area contributed by atoms with Crippen molar-refractivity contribution in [3.63, 3.8) is 0 Å². The molecule has 2 rings (SSSR count). The fraction of sp³-hybridized carbons (Fsp3) is 0.455. The molecule has 1 saturated heterocycles. The number of piperidine rings is 1. The van der Waals surface area contributed by atoms with Gasteiger partial charge in [0.25, 0.3) is 5.92 Å². The van der Waals surface area contributed by atoms with Crippen LogP contribution in [0.2, 0.25) is 0 Å². The van der Waals surface area contributed by atoms with E-state index in [1.165, 1.54) is 17.0 Å². The van der Waals surface area contributed by atoms with Crippen LogP contribution in [0.4, 0.5) is 20.2 Å². The van der Waals surface area contributed by atoms with E-state index in [4.69, 9.17) is 0 Å². The van der Waals surface area contributed by atoms with Gasteiger partial charge >= 0.3 is 5.69 Å². The average molecular weight is 321 g/mol. The first-order chi connectivity index (χ1) is 8.41. The number of hydrogen-bond acceptors (Lipinski definition) is 3. The molecule has 98 valence electrons. The number of nitro groups is 1. The van der Waals surface area contributed by atoms with Gasteiger partial charge in [-0.1, -0.05) is 6.07 Å². The zero-order valence-electron chi connectivity index (χ0n) is 9.41. The van der Waals surface area contributed by atoms with Gasteiger partial charge in [0, 0.05) is 13.0 Å². The summed E-state index contributed by atoms with van der Waals surface area (Å²) in [4.78, 5) is 11.8. The molecule has 7 heteroatoms. The van der Waals surface area contributed by atoms with Crippen LogP contribution in [0.15, 0.2) is 22.7 Å². The van der Waals surface area contributed by atoms with Crippen molar-refractivity contribution in [2.24, 2.45) is 0 Å². The fourth-order valence-electron chi connectivity index (χ4n) is 2.11. The molecule has 1 aliphatic rings. The molecule has 1 heterocycles. The van der Waals surface area contributed by atoms with E-state index < -0.39 is 17.4 Å². The van der Waals surface area contributed by atoms with Crippen LogP contribution in [-0.2, 0) is 0 Å². The van der Waals surface area contributed by atoms with Crippen molar-refractivity contribution in [3.05, 3.63) is 32.8 Å². The van der Waals surface area contributed by atoms with E-state index in [9.17, 15) is 18.9 Å². The number of benzene rings is 1. The van der Waals surface area contributed by atoms with E-state index in [0.717, 1.165) is 0 Å². The monoisotopic (exact) mass is 320 g/mol. The molecule has 0 bridgehead atoms. The van der Waals surface area contributed by atoms with Gasteiger partial charge in [0.2, 0.25) is 0 Å². The molecule has 0 N–H and O–H groups in total. The summed E-state index contributed by atoms with van der Waals surface area (Å²) in [7, 11) is 0. The molecule has 0 saturated carbocycles. The van der Waals surface area contributed by atoms with E-state index in [2.05, 4.69) is 15.9 Å². The van der Waals surface area contributed by atoms with Crippen LogP contribution in [0.1, 0.15) is 12.8 Å². The van der Waals surface area contributed by atoms with Gasteiger partial charge in [-0.3, -0.25) is 10.1 Å². The molecule has 0 radical (unpaired) electrons. The normalized spacial score (nSPS) is 18.7. The minimum absolute atomic E-state index is 0.157. The molecule has 0 atom stereocenters. The number of anilines is 1. The van der Waals surface area contributed by atoms with Gasteiger partial charge in [0.1, 0.15) is 5.69 Å². The third kappa shape index (κ3) is 2.60. The summed E-state index contributed by atoms with van der Waals surface area (Å²) in [6.07, 6.45) is 0.169. The van der Waals surface area contributed by atoms with Crippen molar-refractivity contribution in [2.45, 2.75) is 18.8 Å². The molecule has 4 nitrogen and oxygen atoms in total. The summed E-state index contributed by atoms with van der Waals surface area (Å²) >= 11 is 3.09. The molecule has 1 aromatic carbocycles. The molecular weight excluding hydrogens is 310 g/mol. The van der Waals surface area contributed by atoms with Crippen molar-refractivity contribution >= 4 is 27.3 Å². The van der Waals surface area contributed by atoms with Crippen LogP contribution in [0.25, 0.3) is 0 Å². The molecule has 1 aliphatic heterocycles. The smallest absolute Gasteiger partial charge is 0.306 e. The Morgan fingerprint density at radius 3 is 2.78 bits per heavy atom. The first-order valence-electron chi connectivity index (χ1n) is 5.46.